The summed E-state index contributed by atoms with van der Waals surface area (Å²) in [5, 5.41) is 0.679. The number of hydrogen-bond acceptors (Lipinski definition) is 6. The summed E-state index contributed by atoms with van der Waals surface area (Å²) >= 11 is 3.06. The highest BCUT2D eigenvalue weighted by atomic mass is 32.1. The summed E-state index contributed by atoms with van der Waals surface area (Å²) in [6, 6.07) is 15.5. The van der Waals surface area contributed by atoms with Gasteiger partial charge in [-0.15, -0.1) is 11.3 Å². The van der Waals surface area contributed by atoms with Gasteiger partial charge in [-0.3, -0.25) is 14.7 Å². The Morgan fingerprint density at radius 2 is 1.93 bits per heavy atom. The van der Waals surface area contributed by atoms with Crippen LogP contribution in [-0.4, -0.2) is 20.9 Å². The van der Waals surface area contributed by atoms with E-state index in [9.17, 15) is 4.79 Å². The highest BCUT2D eigenvalue weighted by Crippen LogP contribution is 2.33. The minimum absolute atomic E-state index is 0.0932. The first kappa shape index (κ1) is 18.8. The third-order valence-electron chi connectivity index (χ3n) is 5.17. The Bertz CT molecular complexity index is 1370. The number of aromatic nitrogens is 3. The molecule has 0 saturated heterocycles. The molecular weight excluding hydrogens is 412 g/mol. The highest BCUT2D eigenvalue weighted by Gasteiger charge is 2.23. The van der Waals surface area contributed by atoms with Crippen molar-refractivity contribution in [2.24, 2.45) is 0 Å². The van der Waals surface area contributed by atoms with Crippen molar-refractivity contribution in [1.82, 2.24) is 15.0 Å². The van der Waals surface area contributed by atoms with Gasteiger partial charge >= 0.3 is 0 Å². The van der Waals surface area contributed by atoms with E-state index in [0.29, 0.717) is 17.2 Å². The first-order valence-corrected chi connectivity index (χ1v) is 11.2. The molecule has 2 aromatic carbocycles. The molecule has 0 aliphatic carbocycles. The van der Waals surface area contributed by atoms with Crippen LogP contribution < -0.4 is 4.90 Å². The predicted molar refractivity (Wildman–Crippen MR) is 123 cm³/mol. The first-order valence-electron chi connectivity index (χ1n) is 9.52. The topological polar surface area (TPSA) is 59.0 Å². The molecule has 5 aromatic rings. The first-order chi connectivity index (χ1) is 14.6. The van der Waals surface area contributed by atoms with Crippen molar-refractivity contribution in [3.8, 4) is 0 Å². The van der Waals surface area contributed by atoms with E-state index < -0.39 is 0 Å². The molecule has 5 rings (SSSR count). The van der Waals surface area contributed by atoms with Crippen molar-refractivity contribution in [3.05, 3.63) is 82.6 Å². The molecule has 0 bridgehead atoms. The number of aryl methyl sites for hydroxylation is 2. The zero-order valence-corrected chi connectivity index (χ0v) is 18.1. The lowest BCUT2D eigenvalue weighted by molar-refractivity contribution is 0.0985. The van der Waals surface area contributed by atoms with Crippen LogP contribution in [-0.2, 0) is 6.54 Å². The van der Waals surface area contributed by atoms with E-state index in [4.69, 9.17) is 4.98 Å². The Morgan fingerprint density at radius 1 is 1.03 bits per heavy atom. The Morgan fingerprint density at radius 3 is 2.77 bits per heavy atom. The summed E-state index contributed by atoms with van der Waals surface area (Å²) in [5.41, 5.74) is 7.42. The standard InChI is InChI=1S/C23H18N4OS2/c1-14-6-9-19-21(15(14)2)26-23(30-19)27(12-17-5-3-4-10-24-17)22(28)16-7-8-18-20(11-16)29-13-25-18/h3-11,13H,12H2,1-2H3. The van der Waals surface area contributed by atoms with Gasteiger partial charge in [0, 0.05) is 11.8 Å². The van der Waals surface area contributed by atoms with Gasteiger partial charge < -0.3 is 0 Å². The maximum absolute atomic E-state index is 13.6. The maximum Gasteiger partial charge on any atom is 0.260 e. The van der Waals surface area contributed by atoms with Gasteiger partial charge in [0.25, 0.3) is 5.91 Å². The number of carbonyl (C=O) groups is 1. The minimum Gasteiger partial charge on any atom is -0.278 e. The lowest BCUT2D eigenvalue weighted by Crippen LogP contribution is -2.30. The number of anilines is 1. The molecule has 0 N–H and O–H groups in total. The average molecular weight is 431 g/mol. The van der Waals surface area contributed by atoms with Crippen LogP contribution in [0.5, 0.6) is 0 Å². The number of benzene rings is 2. The van der Waals surface area contributed by atoms with Gasteiger partial charge in [0.15, 0.2) is 5.13 Å². The third kappa shape index (κ3) is 3.36. The van der Waals surface area contributed by atoms with Crippen LogP contribution in [0.1, 0.15) is 27.2 Å². The monoisotopic (exact) mass is 430 g/mol. The molecule has 1 amide bonds. The summed E-state index contributed by atoms with van der Waals surface area (Å²) in [4.78, 5) is 28.9. The molecule has 3 heterocycles. The van der Waals surface area contributed by atoms with Crippen LogP contribution in [0.15, 0.2) is 60.2 Å². The van der Waals surface area contributed by atoms with Gasteiger partial charge in [-0.05, 0) is 61.4 Å². The molecule has 0 aliphatic heterocycles. The number of pyridine rings is 1. The van der Waals surface area contributed by atoms with E-state index in [1.54, 1.807) is 16.6 Å². The second kappa shape index (κ2) is 7.59. The molecule has 0 atom stereocenters. The molecule has 0 radical (unpaired) electrons. The van der Waals surface area contributed by atoms with Gasteiger partial charge in [-0.1, -0.05) is 23.5 Å². The summed E-state index contributed by atoms with van der Waals surface area (Å²) in [6.45, 7) is 4.51. The van der Waals surface area contributed by atoms with Crippen LogP contribution in [0.25, 0.3) is 20.4 Å². The number of nitrogens with zero attached hydrogens (tertiary/aromatic N) is 4. The highest BCUT2D eigenvalue weighted by molar-refractivity contribution is 7.22. The van der Waals surface area contributed by atoms with Gasteiger partial charge in [0.2, 0.25) is 0 Å². The summed E-state index contributed by atoms with van der Waals surface area (Å²) < 4.78 is 2.07. The Balaban J connectivity index is 1.61. The lowest BCUT2D eigenvalue weighted by atomic mass is 10.1. The van der Waals surface area contributed by atoms with Crippen LogP contribution in [0.2, 0.25) is 0 Å². The van der Waals surface area contributed by atoms with E-state index in [1.807, 2.05) is 36.4 Å². The third-order valence-corrected chi connectivity index (χ3v) is 7.01. The van der Waals surface area contributed by atoms with E-state index in [2.05, 4.69) is 35.9 Å². The van der Waals surface area contributed by atoms with E-state index >= 15 is 0 Å². The fourth-order valence-electron chi connectivity index (χ4n) is 3.35. The second-order valence-electron chi connectivity index (χ2n) is 7.10. The van der Waals surface area contributed by atoms with E-state index in [-0.39, 0.29) is 5.91 Å². The van der Waals surface area contributed by atoms with Crippen LogP contribution in [0.4, 0.5) is 5.13 Å². The molecule has 5 nitrogen and oxygen atoms in total. The molecule has 30 heavy (non-hydrogen) atoms. The SMILES string of the molecule is Cc1ccc2sc(N(Cc3ccccn3)C(=O)c3ccc4ncsc4c3)nc2c1C. The van der Waals surface area contributed by atoms with Crippen LogP contribution in [0.3, 0.4) is 0 Å². The number of amides is 1. The molecule has 0 aliphatic rings. The number of hydrogen-bond donors (Lipinski definition) is 0. The maximum atomic E-state index is 13.6. The summed E-state index contributed by atoms with van der Waals surface area (Å²) in [7, 11) is 0. The van der Waals surface area contributed by atoms with Gasteiger partial charge in [-0.25, -0.2) is 9.97 Å². The molecule has 0 unspecified atom stereocenters. The largest absolute Gasteiger partial charge is 0.278 e. The molecule has 0 saturated carbocycles. The molecular formula is C23H18N4OS2. The number of thiazole rings is 2. The van der Waals surface area contributed by atoms with Gasteiger partial charge in [0.1, 0.15) is 0 Å². The van der Waals surface area contributed by atoms with Crippen molar-refractivity contribution >= 4 is 54.1 Å². The van der Waals surface area contributed by atoms with Gasteiger partial charge in [-0.2, -0.15) is 0 Å². The average Bonchev–Trinajstić information content (AvgIpc) is 3.41. The predicted octanol–water partition coefficient (Wildman–Crippen LogP) is 5.76. The fourth-order valence-corrected chi connectivity index (χ4v) is 5.09. The smallest absolute Gasteiger partial charge is 0.260 e. The van der Waals surface area contributed by atoms with Crippen molar-refractivity contribution in [1.29, 1.82) is 0 Å². The second-order valence-corrected chi connectivity index (χ2v) is 8.99. The number of rotatable bonds is 4. The van der Waals surface area contributed by atoms with E-state index in [0.717, 1.165) is 31.7 Å². The normalized spacial score (nSPS) is 11.3. The Labute approximate surface area is 181 Å². The van der Waals surface area contributed by atoms with Crippen LogP contribution >= 0.6 is 22.7 Å². The van der Waals surface area contributed by atoms with Crippen LogP contribution in [0, 0.1) is 13.8 Å². The summed E-state index contributed by atoms with van der Waals surface area (Å²) in [5.74, 6) is -0.0932. The molecule has 0 spiro atoms. The minimum atomic E-state index is -0.0932. The zero-order chi connectivity index (χ0) is 20.7. The Hall–Kier alpha value is -3.16. The molecule has 7 heteroatoms. The van der Waals surface area contributed by atoms with Gasteiger partial charge in [0.05, 0.1) is 38.2 Å². The van der Waals surface area contributed by atoms with Crippen molar-refractivity contribution < 1.29 is 4.79 Å². The Kier molecular flexibility index (Phi) is 4.77. The summed E-state index contributed by atoms with van der Waals surface area (Å²) in [6.07, 6.45) is 1.74. The fraction of sp³-hybridized carbons (Fsp3) is 0.130. The quantitative estimate of drug-likeness (QED) is 0.363. The van der Waals surface area contributed by atoms with Crippen molar-refractivity contribution in [2.45, 2.75) is 20.4 Å². The lowest BCUT2D eigenvalue weighted by Gasteiger charge is -2.19. The van der Waals surface area contributed by atoms with E-state index in [1.165, 1.54) is 28.2 Å². The van der Waals surface area contributed by atoms with Crippen molar-refractivity contribution in [3.63, 3.8) is 0 Å². The number of fused-ring (bicyclic) bond motifs is 2. The molecule has 0 fully saturated rings. The number of carbonyl (C=O) groups excluding carboxylic acids is 1. The molecule has 3 aromatic heterocycles. The molecule has 148 valence electrons. The van der Waals surface area contributed by atoms with Crippen molar-refractivity contribution in [2.75, 3.05) is 4.90 Å². The zero-order valence-electron chi connectivity index (χ0n) is 16.5.